The second-order valence-electron chi connectivity index (χ2n) is 6.04. The number of Topliss-reactive ketones (excluding diaryl/α,β-unsaturated/α-hetero) is 1. The molecule has 0 radical (unpaired) electrons. The number of ketones is 1. The Kier molecular flexibility index (Phi) is 4.66. The first-order chi connectivity index (χ1) is 12.0. The van der Waals surface area contributed by atoms with Crippen molar-refractivity contribution >= 4 is 22.5 Å². The fraction of sp³-hybridized carbons (Fsp3) is 0.182. The van der Waals surface area contributed by atoms with Crippen LogP contribution in [-0.4, -0.2) is 18.9 Å². The van der Waals surface area contributed by atoms with Crippen molar-refractivity contribution in [2.45, 2.75) is 20.3 Å². The lowest BCUT2D eigenvalue weighted by molar-refractivity contribution is 0.0600. The van der Waals surface area contributed by atoms with Crippen LogP contribution in [0, 0.1) is 6.92 Å². The molecule has 3 rings (SSSR count). The zero-order valence-electron chi connectivity index (χ0n) is 14.6. The summed E-state index contributed by atoms with van der Waals surface area (Å²) >= 11 is 0. The Hall–Kier alpha value is -2.94. The minimum absolute atomic E-state index is 0.104. The monoisotopic (exact) mass is 332 g/mol. The summed E-state index contributed by atoms with van der Waals surface area (Å²) in [4.78, 5) is 24.3. The predicted octanol–water partition coefficient (Wildman–Crippen LogP) is 5.19. The van der Waals surface area contributed by atoms with Gasteiger partial charge in [-0.1, -0.05) is 43.3 Å². The van der Waals surface area contributed by atoms with Gasteiger partial charge in [-0.05, 0) is 52.6 Å². The maximum Gasteiger partial charge on any atom is 0.338 e. The lowest BCUT2D eigenvalue weighted by atomic mass is 9.92. The van der Waals surface area contributed by atoms with E-state index >= 15 is 0 Å². The molecule has 3 nitrogen and oxygen atoms in total. The first kappa shape index (κ1) is 16.9. The predicted molar refractivity (Wildman–Crippen MR) is 100 cm³/mol. The fourth-order valence-corrected chi connectivity index (χ4v) is 3.03. The van der Waals surface area contributed by atoms with Gasteiger partial charge in [-0.2, -0.15) is 0 Å². The molecule has 0 N–H and O–H groups in total. The van der Waals surface area contributed by atoms with Crippen molar-refractivity contribution in [2.75, 3.05) is 7.11 Å². The highest BCUT2D eigenvalue weighted by molar-refractivity contribution is 6.06. The van der Waals surface area contributed by atoms with E-state index in [0.29, 0.717) is 17.5 Å². The molecule has 0 fully saturated rings. The molecule has 0 aliphatic heterocycles. The van der Waals surface area contributed by atoms with E-state index in [9.17, 15) is 9.59 Å². The minimum Gasteiger partial charge on any atom is -0.465 e. The van der Waals surface area contributed by atoms with Crippen molar-refractivity contribution in [3.8, 4) is 11.1 Å². The van der Waals surface area contributed by atoms with Crippen molar-refractivity contribution in [3.05, 3.63) is 71.3 Å². The van der Waals surface area contributed by atoms with Crippen LogP contribution in [0.2, 0.25) is 0 Å². The summed E-state index contributed by atoms with van der Waals surface area (Å²) in [5.41, 5.74) is 3.93. The maximum atomic E-state index is 12.2. The summed E-state index contributed by atoms with van der Waals surface area (Å²) in [6.45, 7) is 3.74. The highest BCUT2D eigenvalue weighted by atomic mass is 16.5. The van der Waals surface area contributed by atoms with E-state index in [1.807, 2.05) is 68.4 Å². The Morgan fingerprint density at radius 2 is 1.76 bits per heavy atom. The Morgan fingerprint density at radius 3 is 2.48 bits per heavy atom. The van der Waals surface area contributed by atoms with E-state index in [4.69, 9.17) is 4.74 Å². The van der Waals surface area contributed by atoms with Crippen LogP contribution < -0.4 is 0 Å². The highest BCUT2D eigenvalue weighted by Crippen LogP contribution is 2.32. The number of hydrogen-bond donors (Lipinski definition) is 0. The molecule has 3 aromatic carbocycles. The number of ether oxygens (including phenoxy) is 1. The molecule has 0 unspecified atom stereocenters. The molecule has 0 atom stereocenters. The lowest BCUT2D eigenvalue weighted by Crippen LogP contribution is -2.04. The average Bonchev–Trinajstić information content (AvgIpc) is 2.66. The quantitative estimate of drug-likeness (QED) is 0.487. The number of fused-ring (bicyclic) bond motifs is 1. The number of benzene rings is 3. The summed E-state index contributed by atoms with van der Waals surface area (Å²) in [5, 5.41) is 2.06. The van der Waals surface area contributed by atoms with Crippen molar-refractivity contribution < 1.29 is 14.3 Å². The van der Waals surface area contributed by atoms with Crippen LogP contribution in [0.15, 0.2) is 54.6 Å². The van der Waals surface area contributed by atoms with Crippen LogP contribution in [0.25, 0.3) is 21.9 Å². The van der Waals surface area contributed by atoms with Crippen molar-refractivity contribution in [2.24, 2.45) is 0 Å². The van der Waals surface area contributed by atoms with Gasteiger partial charge in [0.15, 0.2) is 5.78 Å². The zero-order chi connectivity index (χ0) is 18.0. The second kappa shape index (κ2) is 6.89. The van der Waals surface area contributed by atoms with Gasteiger partial charge >= 0.3 is 5.97 Å². The van der Waals surface area contributed by atoms with Gasteiger partial charge in [0.1, 0.15) is 0 Å². The molecule has 25 heavy (non-hydrogen) atoms. The smallest absolute Gasteiger partial charge is 0.338 e. The van der Waals surface area contributed by atoms with Gasteiger partial charge in [0.05, 0.1) is 12.7 Å². The van der Waals surface area contributed by atoms with Gasteiger partial charge in [0.25, 0.3) is 0 Å². The van der Waals surface area contributed by atoms with Crippen LogP contribution in [0.3, 0.4) is 0 Å². The number of carbonyl (C=O) groups excluding carboxylic acids is 2. The van der Waals surface area contributed by atoms with Crippen molar-refractivity contribution in [3.63, 3.8) is 0 Å². The standard InChI is InChI=1S/C22H20O3/c1-4-21(23)17-11-15-7-5-6-8-18(15)20(13-17)16-10-9-14(2)19(12-16)22(24)25-3/h5-13H,4H2,1-3H3. The molecule has 0 aromatic heterocycles. The highest BCUT2D eigenvalue weighted by Gasteiger charge is 2.14. The van der Waals surface area contributed by atoms with Crippen LogP contribution in [0.5, 0.6) is 0 Å². The number of rotatable bonds is 4. The van der Waals surface area contributed by atoms with Gasteiger partial charge in [-0.25, -0.2) is 4.79 Å². The molecule has 0 spiro atoms. The second-order valence-corrected chi connectivity index (χ2v) is 6.04. The largest absolute Gasteiger partial charge is 0.465 e. The summed E-state index contributed by atoms with van der Waals surface area (Å²) in [7, 11) is 1.38. The Balaban J connectivity index is 2.27. The van der Waals surface area contributed by atoms with Gasteiger partial charge in [0, 0.05) is 12.0 Å². The molecule has 0 bridgehead atoms. The first-order valence-corrected chi connectivity index (χ1v) is 8.30. The normalized spacial score (nSPS) is 10.7. The molecule has 0 aliphatic carbocycles. The maximum absolute atomic E-state index is 12.2. The van der Waals surface area contributed by atoms with Crippen LogP contribution >= 0.6 is 0 Å². The van der Waals surface area contributed by atoms with Crippen LogP contribution in [0.1, 0.15) is 39.6 Å². The number of methoxy groups -OCH3 is 1. The molecule has 0 heterocycles. The van der Waals surface area contributed by atoms with Crippen LogP contribution in [-0.2, 0) is 4.74 Å². The van der Waals surface area contributed by atoms with E-state index in [2.05, 4.69) is 0 Å². The minimum atomic E-state index is -0.357. The van der Waals surface area contributed by atoms with E-state index in [1.54, 1.807) is 0 Å². The third-order valence-corrected chi connectivity index (χ3v) is 4.46. The molecule has 3 heteroatoms. The van der Waals surface area contributed by atoms with E-state index < -0.39 is 0 Å². The number of esters is 1. The topological polar surface area (TPSA) is 43.4 Å². The SMILES string of the molecule is CCC(=O)c1cc(-c2ccc(C)c(C(=O)OC)c2)c2ccccc2c1. The summed E-state index contributed by atoms with van der Waals surface area (Å²) in [5.74, 6) is -0.253. The molecule has 0 aliphatic rings. The molecule has 3 aromatic rings. The Bertz CT molecular complexity index is 970. The molecule has 0 saturated heterocycles. The van der Waals surface area contributed by atoms with Gasteiger partial charge in [0.2, 0.25) is 0 Å². The summed E-state index contributed by atoms with van der Waals surface area (Å²) in [6.07, 6.45) is 0.457. The van der Waals surface area contributed by atoms with E-state index in [0.717, 1.165) is 27.5 Å². The van der Waals surface area contributed by atoms with Gasteiger partial charge in [-0.15, -0.1) is 0 Å². The van der Waals surface area contributed by atoms with Gasteiger partial charge < -0.3 is 4.74 Å². The van der Waals surface area contributed by atoms with Gasteiger partial charge in [-0.3, -0.25) is 4.79 Å². The zero-order valence-corrected chi connectivity index (χ0v) is 14.6. The molecular formula is C22H20O3. The number of aryl methyl sites for hydroxylation is 1. The number of hydrogen-bond acceptors (Lipinski definition) is 3. The number of carbonyl (C=O) groups is 2. The molecule has 126 valence electrons. The third kappa shape index (κ3) is 3.18. The van der Waals surface area contributed by atoms with Crippen LogP contribution in [0.4, 0.5) is 0 Å². The Morgan fingerprint density at radius 1 is 1.00 bits per heavy atom. The Labute approximate surface area is 147 Å². The fourth-order valence-electron chi connectivity index (χ4n) is 3.03. The summed E-state index contributed by atoms with van der Waals surface area (Å²) < 4.78 is 4.88. The third-order valence-electron chi connectivity index (χ3n) is 4.46. The summed E-state index contributed by atoms with van der Waals surface area (Å²) in [6, 6.07) is 17.5. The molecular weight excluding hydrogens is 312 g/mol. The first-order valence-electron chi connectivity index (χ1n) is 8.30. The van der Waals surface area contributed by atoms with Crippen molar-refractivity contribution in [1.29, 1.82) is 0 Å². The molecule has 0 amide bonds. The van der Waals surface area contributed by atoms with Crippen molar-refractivity contribution in [1.82, 2.24) is 0 Å². The van der Waals surface area contributed by atoms with E-state index in [1.165, 1.54) is 7.11 Å². The molecule has 0 saturated carbocycles. The van der Waals surface area contributed by atoms with E-state index in [-0.39, 0.29) is 11.8 Å². The average molecular weight is 332 g/mol. The lowest BCUT2D eigenvalue weighted by Gasteiger charge is -2.12.